The van der Waals surface area contributed by atoms with Crippen LogP contribution in [-0.2, 0) is 0 Å². The maximum absolute atomic E-state index is 12.7. The standard InChI is InChI=1S/C18H13ClN2O3/c1-11-15(7-12-5-6-16-17(8-12)24-10-23-16)18(22)21(20-11)14-4-2-3-13(19)9-14/h2-9,20H,1,10H2. The van der Waals surface area contributed by atoms with Gasteiger partial charge in [-0.2, -0.15) is 0 Å². The Balaban J connectivity index is 1.85. The van der Waals surface area contributed by atoms with E-state index in [9.17, 15) is 4.79 Å². The third-order valence-electron chi connectivity index (χ3n) is 3.78. The molecule has 0 fully saturated rings. The van der Waals surface area contributed by atoms with Gasteiger partial charge >= 0.3 is 0 Å². The van der Waals surface area contributed by atoms with Gasteiger partial charge in [-0.25, -0.2) is 4.68 Å². The highest BCUT2D eigenvalue weighted by molar-refractivity contribution is 6.30. The minimum atomic E-state index is -0.195. The lowest BCUT2D eigenvalue weighted by atomic mass is 10.1. The lowest BCUT2D eigenvalue weighted by Crippen LogP contribution is -2.33. The molecule has 0 spiro atoms. The summed E-state index contributed by atoms with van der Waals surface area (Å²) < 4.78 is 12.1. The van der Waals surface area contributed by atoms with Crippen LogP contribution in [0.4, 0.5) is 0 Å². The second-order valence-electron chi connectivity index (χ2n) is 5.38. The molecule has 2 aromatic carbocycles. The van der Waals surface area contributed by atoms with Crippen LogP contribution in [0.5, 0.6) is 11.5 Å². The molecular weight excluding hydrogens is 328 g/mol. The Labute approximate surface area is 142 Å². The summed E-state index contributed by atoms with van der Waals surface area (Å²) in [4.78, 5) is 12.7. The summed E-state index contributed by atoms with van der Waals surface area (Å²) in [5.41, 5.74) is 1.29. The maximum Gasteiger partial charge on any atom is 0.279 e. The summed E-state index contributed by atoms with van der Waals surface area (Å²) in [6.45, 7) is 4.14. The number of fused-ring (bicyclic) bond motifs is 1. The van der Waals surface area contributed by atoms with Crippen molar-refractivity contribution in [3.8, 4) is 17.2 Å². The van der Waals surface area contributed by atoms with Crippen molar-refractivity contribution in [1.29, 1.82) is 0 Å². The monoisotopic (exact) mass is 340 g/mol. The fourth-order valence-corrected chi connectivity index (χ4v) is 2.80. The first kappa shape index (κ1) is 14.7. The zero-order valence-electron chi connectivity index (χ0n) is 12.6. The molecule has 6 heteroatoms. The van der Waals surface area contributed by atoms with Crippen molar-refractivity contribution in [3.63, 3.8) is 0 Å². The Kier molecular flexibility index (Phi) is 3.43. The number of aromatic amines is 1. The van der Waals surface area contributed by atoms with Crippen LogP contribution in [0.15, 0.2) is 47.3 Å². The highest BCUT2D eigenvalue weighted by Gasteiger charge is 2.13. The Morgan fingerprint density at radius 2 is 2.00 bits per heavy atom. The highest BCUT2D eigenvalue weighted by atomic mass is 35.5. The van der Waals surface area contributed by atoms with Gasteiger partial charge in [0.15, 0.2) is 11.5 Å². The van der Waals surface area contributed by atoms with Gasteiger partial charge in [-0.15, -0.1) is 0 Å². The van der Waals surface area contributed by atoms with E-state index in [1.54, 1.807) is 30.3 Å². The van der Waals surface area contributed by atoms with E-state index in [4.69, 9.17) is 21.1 Å². The van der Waals surface area contributed by atoms with E-state index in [1.165, 1.54) is 4.68 Å². The van der Waals surface area contributed by atoms with Gasteiger partial charge in [0.1, 0.15) is 0 Å². The van der Waals surface area contributed by atoms with E-state index in [0.29, 0.717) is 32.8 Å². The normalized spacial score (nSPS) is 13.5. The first-order valence-corrected chi connectivity index (χ1v) is 7.67. The van der Waals surface area contributed by atoms with Crippen LogP contribution in [0, 0.1) is 0 Å². The molecule has 0 saturated carbocycles. The smallest absolute Gasteiger partial charge is 0.279 e. The molecule has 1 aliphatic rings. The summed E-state index contributed by atoms with van der Waals surface area (Å²) in [5, 5.41) is 4.54. The Bertz CT molecular complexity index is 1100. The van der Waals surface area contributed by atoms with Gasteiger partial charge in [0.25, 0.3) is 5.56 Å². The third kappa shape index (κ3) is 2.49. The van der Waals surface area contributed by atoms with Crippen LogP contribution in [0.3, 0.4) is 0 Å². The molecule has 4 rings (SSSR count). The van der Waals surface area contributed by atoms with Gasteiger partial charge in [0.05, 0.1) is 16.3 Å². The van der Waals surface area contributed by atoms with E-state index in [0.717, 1.165) is 5.56 Å². The molecule has 0 atom stereocenters. The molecule has 0 saturated heterocycles. The Morgan fingerprint density at radius 3 is 2.83 bits per heavy atom. The van der Waals surface area contributed by atoms with Crippen molar-refractivity contribution in [2.75, 3.05) is 6.79 Å². The fraction of sp³-hybridized carbons (Fsp3) is 0.0556. The SMILES string of the molecule is C=c1[nH]n(-c2cccc(Cl)c2)c(=O)c1=Cc1ccc2c(c1)OCO2. The fourth-order valence-electron chi connectivity index (χ4n) is 2.61. The number of hydrogen-bond acceptors (Lipinski definition) is 3. The van der Waals surface area contributed by atoms with E-state index in [1.807, 2.05) is 18.2 Å². The number of rotatable bonds is 2. The number of ether oxygens (including phenoxy) is 2. The van der Waals surface area contributed by atoms with Gasteiger partial charge < -0.3 is 9.47 Å². The summed E-state index contributed by atoms with van der Waals surface area (Å²) in [5.74, 6) is 1.37. The van der Waals surface area contributed by atoms with Crippen LogP contribution >= 0.6 is 11.6 Å². The molecular formula is C18H13ClN2O3. The first-order chi connectivity index (χ1) is 11.6. The number of hydrogen-bond donors (Lipinski definition) is 1. The second kappa shape index (κ2) is 5.62. The third-order valence-corrected chi connectivity index (χ3v) is 4.01. The molecule has 0 aliphatic carbocycles. The molecule has 24 heavy (non-hydrogen) atoms. The lowest BCUT2D eigenvalue weighted by molar-refractivity contribution is 0.174. The number of nitrogens with zero attached hydrogens (tertiary/aromatic N) is 1. The quantitative estimate of drug-likeness (QED) is 0.774. The van der Waals surface area contributed by atoms with Gasteiger partial charge in [0.2, 0.25) is 6.79 Å². The summed E-state index contributed by atoms with van der Waals surface area (Å²) in [7, 11) is 0. The maximum atomic E-state index is 12.7. The van der Waals surface area contributed by atoms with Gasteiger partial charge in [-0.3, -0.25) is 9.89 Å². The number of nitrogens with one attached hydrogen (secondary N) is 1. The lowest BCUT2D eigenvalue weighted by Gasteiger charge is -2.00. The molecule has 0 radical (unpaired) electrons. The minimum absolute atomic E-state index is 0.195. The zero-order valence-corrected chi connectivity index (χ0v) is 13.3. The van der Waals surface area contributed by atoms with E-state index < -0.39 is 0 Å². The first-order valence-electron chi connectivity index (χ1n) is 7.29. The van der Waals surface area contributed by atoms with Crippen LogP contribution in [-0.4, -0.2) is 16.6 Å². The molecule has 5 nitrogen and oxygen atoms in total. The molecule has 0 bridgehead atoms. The predicted molar refractivity (Wildman–Crippen MR) is 92.3 cm³/mol. The molecule has 120 valence electrons. The van der Waals surface area contributed by atoms with Gasteiger partial charge in [-0.05, 0) is 42.0 Å². The van der Waals surface area contributed by atoms with Crippen LogP contribution in [0.25, 0.3) is 18.3 Å². The molecule has 0 unspecified atom stereocenters. The van der Waals surface area contributed by atoms with Crippen LogP contribution in [0.1, 0.15) is 5.56 Å². The summed E-state index contributed by atoms with van der Waals surface area (Å²) in [6, 6.07) is 12.6. The van der Waals surface area contributed by atoms with E-state index in [2.05, 4.69) is 11.7 Å². The summed E-state index contributed by atoms with van der Waals surface area (Å²) in [6.07, 6.45) is 1.77. The van der Waals surface area contributed by atoms with Crippen molar-refractivity contribution in [3.05, 3.63) is 74.0 Å². The van der Waals surface area contributed by atoms with Crippen LogP contribution in [0.2, 0.25) is 5.02 Å². The Morgan fingerprint density at radius 1 is 1.17 bits per heavy atom. The van der Waals surface area contributed by atoms with Gasteiger partial charge in [-0.1, -0.05) is 30.3 Å². The molecule has 1 aliphatic heterocycles. The average molecular weight is 341 g/mol. The number of halogens is 1. The van der Waals surface area contributed by atoms with Crippen molar-refractivity contribution >= 4 is 24.3 Å². The zero-order chi connectivity index (χ0) is 16.7. The average Bonchev–Trinajstić information content (AvgIpc) is 3.14. The van der Waals surface area contributed by atoms with Crippen molar-refractivity contribution in [2.45, 2.75) is 0 Å². The predicted octanol–water partition coefficient (Wildman–Crippen LogP) is 1.79. The largest absolute Gasteiger partial charge is 0.454 e. The van der Waals surface area contributed by atoms with E-state index >= 15 is 0 Å². The molecule has 1 N–H and O–H groups in total. The molecule has 0 amide bonds. The minimum Gasteiger partial charge on any atom is -0.454 e. The number of H-pyrrole nitrogens is 1. The highest BCUT2D eigenvalue weighted by Crippen LogP contribution is 2.32. The van der Waals surface area contributed by atoms with Crippen molar-refractivity contribution < 1.29 is 9.47 Å². The number of benzene rings is 2. The molecule has 1 aromatic heterocycles. The van der Waals surface area contributed by atoms with Crippen molar-refractivity contribution in [1.82, 2.24) is 9.78 Å². The number of aromatic nitrogens is 2. The van der Waals surface area contributed by atoms with E-state index in [-0.39, 0.29) is 12.4 Å². The van der Waals surface area contributed by atoms with Gasteiger partial charge in [0, 0.05) is 5.02 Å². The van der Waals surface area contributed by atoms with Crippen LogP contribution < -0.4 is 25.6 Å². The molecule has 2 heterocycles. The Hall–Kier alpha value is -2.92. The topological polar surface area (TPSA) is 56.2 Å². The summed E-state index contributed by atoms with van der Waals surface area (Å²) >= 11 is 6.00. The van der Waals surface area contributed by atoms with Crippen molar-refractivity contribution in [2.24, 2.45) is 0 Å². The molecule has 3 aromatic rings. The second-order valence-corrected chi connectivity index (χ2v) is 5.82.